The summed E-state index contributed by atoms with van der Waals surface area (Å²) in [6.45, 7) is 2.23. The number of nitrogens with zero attached hydrogens (tertiary/aromatic N) is 1. The summed E-state index contributed by atoms with van der Waals surface area (Å²) >= 11 is 4.89. The lowest BCUT2D eigenvalue weighted by atomic mass is 10.2. The van der Waals surface area contributed by atoms with Crippen LogP contribution < -0.4 is 21.3 Å². The van der Waals surface area contributed by atoms with Gasteiger partial charge in [0.05, 0.1) is 4.99 Å². The zero-order chi connectivity index (χ0) is 15.8. The molecule has 1 aromatic carbocycles. The molecule has 3 amide bonds. The molecule has 0 aliphatic rings. The number of hydrogen-bond acceptors (Lipinski definition) is 4. The number of carbonyl (C=O) groups excluding carboxylic acids is 2. The molecule has 21 heavy (non-hydrogen) atoms. The van der Waals surface area contributed by atoms with E-state index in [-0.39, 0.29) is 5.91 Å². The number of nitrogens with two attached hydrogens (primary N) is 1. The lowest BCUT2D eigenvalue weighted by Crippen LogP contribution is -2.49. The Morgan fingerprint density at radius 1 is 1.33 bits per heavy atom. The average molecular weight is 308 g/mol. The van der Waals surface area contributed by atoms with Crippen molar-refractivity contribution < 1.29 is 9.59 Å². The van der Waals surface area contributed by atoms with Crippen LogP contribution in [0, 0.1) is 0 Å². The predicted octanol–water partition coefficient (Wildman–Crippen LogP) is 1.01. The Kier molecular flexibility index (Phi) is 6.61. The van der Waals surface area contributed by atoms with Crippen molar-refractivity contribution in [2.24, 2.45) is 5.73 Å². The summed E-state index contributed by atoms with van der Waals surface area (Å²) < 4.78 is 0. The Bertz CT molecular complexity index is 507. The van der Waals surface area contributed by atoms with Crippen LogP contribution in [-0.4, -0.2) is 36.6 Å². The van der Waals surface area contributed by atoms with E-state index in [4.69, 9.17) is 18.0 Å². The van der Waals surface area contributed by atoms with Gasteiger partial charge < -0.3 is 16.0 Å². The number of rotatable bonds is 6. The molecule has 0 aliphatic carbocycles. The molecule has 0 aliphatic heterocycles. The van der Waals surface area contributed by atoms with Crippen molar-refractivity contribution in [3.05, 3.63) is 30.3 Å². The molecule has 4 N–H and O–H groups in total. The molecule has 114 valence electrons. The van der Waals surface area contributed by atoms with Crippen molar-refractivity contribution in [1.29, 1.82) is 0 Å². The lowest BCUT2D eigenvalue weighted by Gasteiger charge is -2.30. The topological polar surface area (TPSA) is 87.5 Å². The predicted molar refractivity (Wildman–Crippen MR) is 87.3 cm³/mol. The fourth-order valence-corrected chi connectivity index (χ4v) is 1.91. The van der Waals surface area contributed by atoms with Crippen LogP contribution in [0.2, 0.25) is 0 Å². The average Bonchev–Trinajstić information content (AvgIpc) is 2.47. The first-order chi connectivity index (χ1) is 9.95. The second kappa shape index (κ2) is 8.21. The third-order valence-electron chi connectivity index (χ3n) is 3.00. The zero-order valence-corrected chi connectivity index (χ0v) is 12.9. The maximum absolute atomic E-state index is 12.1. The molecule has 1 unspecified atom stereocenters. The van der Waals surface area contributed by atoms with E-state index in [0.717, 1.165) is 5.69 Å². The van der Waals surface area contributed by atoms with Crippen LogP contribution in [0.3, 0.4) is 0 Å². The largest absolute Gasteiger partial charge is 0.393 e. The van der Waals surface area contributed by atoms with E-state index in [1.165, 1.54) is 7.05 Å². The third kappa shape index (κ3) is 5.39. The third-order valence-corrected chi connectivity index (χ3v) is 3.20. The molecule has 7 heteroatoms. The number of para-hydroxylation sites is 1. The SMILES string of the molecule is CNC(=O)NC(=O)C(C)N(CCC(N)=S)c1ccccc1. The van der Waals surface area contributed by atoms with Crippen molar-refractivity contribution in [3.8, 4) is 0 Å². The van der Waals surface area contributed by atoms with Gasteiger partial charge >= 0.3 is 6.03 Å². The zero-order valence-electron chi connectivity index (χ0n) is 12.1. The minimum absolute atomic E-state index is 0.384. The Labute approximate surface area is 129 Å². The van der Waals surface area contributed by atoms with E-state index >= 15 is 0 Å². The van der Waals surface area contributed by atoms with Crippen LogP contribution in [0.5, 0.6) is 0 Å². The molecule has 0 spiro atoms. The summed E-state index contributed by atoms with van der Waals surface area (Å²) in [5, 5.41) is 4.62. The van der Waals surface area contributed by atoms with Crippen LogP contribution in [0.15, 0.2) is 30.3 Å². The first kappa shape index (κ1) is 16.9. The Hall–Kier alpha value is -2.15. The quantitative estimate of drug-likeness (QED) is 0.683. The smallest absolute Gasteiger partial charge is 0.321 e. The molecule has 6 nitrogen and oxygen atoms in total. The van der Waals surface area contributed by atoms with E-state index in [9.17, 15) is 9.59 Å². The Balaban J connectivity index is 2.87. The monoisotopic (exact) mass is 308 g/mol. The highest BCUT2D eigenvalue weighted by atomic mass is 32.1. The number of nitrogens with one attached hydrogen (secondary N) is 2. The van der Waals surface area contributed by atoms with Crippen LogP contribution in [0.25, 0.3) is 0 Å². The van der Waals surface area contributed by atoms with Crippen molar-refractivity contribution in [1.82, 2.24) is 10.6 Å². The fraction of sp³-hybridized carbons (Fsp3) is 0.357. The molecule has 0 heterocycles. The highest BCUT2D eigenvalue weighted by Gasteiger charge is 2.22. The first-order valence-corrected chi connectivity index (χ1v) is 6.99. The van der Waals surface area contributed by atoms with Gasteiger partial charge in [-0.2, -0.15) is 0 Å². The summed E-state index contributed by atoms with van der Waals surface area (Å²) in [6.07, 6.45) is 0.488. The standard InChI is InChI=1S/C14H20N4O2S/c1-10(13(19)17-14(20)16-2)18(9-8-12(15)21)11-6-4-3-5-7-11/h3-7,10H,8-9H2,1-2H3,(H2,15,21)(H2,16,17,19,20). The van der Waals surface area contributed by atoms with Gasteiger partial charge in [0.25, 0.3) is 0 Å². The van der Waals surface area contributed by atoms with Gasteiger partial charge in [0.1, 0.15) is 6.04 Å². The Morgan fingerprint density at radius 3 is 2.48 bits per heavy atom. The van der Waals surface area contributed by atoms with Crippen LogP contribution in [0.1, 0.15) is 13.3 Å². The van der Waals surface area contributed by atoms with Crippen molar-refractivity contribution in [3.63, 3.8) is 0 Å². The molecular weight excluding hydrogens is 288 g/mol. The molecule has 1 aromatic rings. The van der Waals surface area contributed by atoms with Gasteiger partial charge in [0.15, 0.2) is 0 Å². The first-order valence-electron chi connectivity index (χ1n) is 6.58. The van der Waals surface area contributed by atoms with E-state index in [1.807, 2.05) is 35.2 Å². The van der Waals surface area contributed by atoms with E-state index in [1.54, 1.807) is 6.92 Å². The van der Waals surface area contributed by atoms with Gasteiger partial charge in [0.2, 0.25) is 5.91 Å². The maximum Gasteiger partial charge on any atom is 0.321 e. The fourth-order valence-electron chi connectivity index (χ4n) is 1.82. The van der Waals surface area contributed by atoms with E-state index in [0.29, 0.717) is 18.0 Å². The summed E-state index contributed by atoms with van der Waals surface area (Å²) in [4.78, 5) is 25.6. The normalized spacial score (nSPS) is 11.3. The van der Waals surface area contributed by atoms with Crippen LogP contribution in [0.4, 0.5) is 10.5 Å². The minimum Gasteiger partial charge on any atom is -0.393 e. The van der Waals surface area contributed by atoms with Crippen LogP contribution >= 0.6 is 12.2 Å². The van der Waals surface area contributed by atoms with Gasteiger partial charge in [-0.1, -0.05) is 30.4 Å². The van der Waals surface area contributed by atoms with Gasteiger partial charge in [-0.25, -0.2) is 4.79 Å². The number of hydrogen-bond donors (Lipinski definition) is 3. The molecular formula is C14H20N4O2S. The molecule has 0 saturated carbocycles. The number of anilines is 1. The number of imide groups is 1. The summed E-state index contributed by atoms with van der Waals surface area (Å²) in [5.74, 6) is -0.388. The van der Waals surface area contributed by atoms with Crippen LogP contribution in [-0.2, 0) is 4.79 Å². The minimum atomic E-state index is -0.533. The van der Waals surface area contributed by atoms with Gasteiger partial charge in [0, 0.05) is 25.7 Å². The number of amides is 3. The second-order valence-corrected chi connectivity index (χ2v) is 5.01. The van der Waals surface area contributed by atoms with E-state index in [2.05, 4.69) is 10.6 Å². The van der Waals surface area contributed by atoms with Gasteiger partial charge in [-0.3, -0.25) is 10.1 Å². The molecule has 0 saturated heterocycles. The molecule has 1 rings (SSSR count). The number of benzene rings is 1. The number of carbonyl (C=O) groups is 2. The van der Waals surface area contributed by atoms with Crippen molar-refractivity contribution in [2.45, 2.75) is 19.4 Å². The maximum atomic E-state index is 12.1. The number of urea groups is 1. The molecule has 1 atom stereocenters. The molecule has 0 aromatic heterocycles. The van der Waals surface area contributed by atoms with Gasteiger partial charge in [-0.15, -0.1) is 0 Å². The van der Waals surface area contributed by atoms with Crippen molar-refractivity contribution >= 4 is 34.8 Å². The highest BCUT2D eigenvalue weighted by molar-refractivity contribution is 7.80. The molecule has 0 bridgehead atoms. The van der Waals surface area contributed by atoms with Crippen molar-refractivity contribution in [2.75, 3.05) is 18.5 Å². The highest BCUT2D eigenvalue weighted by Crippen LogP contribution is 2.17. The lowest BCUT2D eigenvalue weighted by molar-refractivity contribution is -0.121. The number of thiocarbonyl (C=S) groups is 1. The molecule has 0 fully saturated rings. The molecule has 0 radical (unpaired) electrons. The van der Waals surface area contributed by atoms with Gasteiger partial charge in [-0.05, 0) is 19.1 Å². The Morgan fingerprint density at radius 2 is 1.95 bits per heavy atom. The second-order valence-electron chi connectivity index (χ2n) is 4.49. The summed E-state index contributed by atoms with van der Waals surface area (Å²) in [6, 6.07) is 8.38. The van der Waals surface area contributed by atoms with E-state index < -0.39 is 12.1 Å². The summed E-state index contributed by atoms with van der Waals surface area (Å²) in [7, 11) is 1.45. The summed E-state index contributed by atoms with van der Waals surface area (Å²) in [5.41, 5.74) is 6.41.